The number of amides is 2. The molecule has 1 aliphatic rings. The monoisotopic (exact) mass is 492 g/mol. The van der Waals surface area contributed by atoms with E-state index in [0.717, 1.165) is 37.0 Å². The predicted octanol–water partition coefficient (Wildman–Crippen LogP) is 5.30. The number of nitrogens with zero attached hydrogens (tertiary/aromatic N) is 1. The number of nitrogens with one attached hydrogen (secondary N) is 1. The molecule has 2 amide bonds. The molecule has 1 aromatic heterocycles. The van der Waals surface area contributed by atoms with Crippen LogP contribution < -0.4 is 14.8 Å². The third-order valence-electron chi connectivity index (χ3n) is 5.82. The Labute approximate surface area is 205 Å². The van der Waals surface area contributed by atoms with Crippen LogP contribution in [0.1, 0.15) is 61.9 Å². The molecule has 1 heterocycles. The van der Waals surface area contributed by atoms with Crippen LogP contribution in [-0.4, -0.2) is 42.4 Å². The maximum atomic E-state index is 13.6. The van der Waals surface area contributed by atoms with E-state index in [-0.39, 0.29) is 23.7 Å². The van der Waals surface area contributed by atoms with E-state index in [1.165, 1.54) is 6.42 Å². The van der Waals surface area contributed by atoms with Gasteiger partial charge < -0.3 is 19.7 Å². The highest BCUT2D eigenvalue weighted by atomic mass is 35.5. The van der Waals surface area contributed by atoms with E-state index in [9.17, 15) is 9.59 Å². The smallest absolute Gasteiger partial charge is 0.247 e. The molecule has 0 saturated heterocycles. The number of carbonyl (C=O) groups excluding carboxylic acids is 2. The van der Waals surface area contributed by atoms with Crippen LogP contribution in [0, 0.1) is 0 Å². The van der Waals surface area contributed by atoms with Gasteiger partial charge in [-0.25, -0.2) is 0 Å². The fraction of sp³-hybridized carbons (Fsp3) is 0.520. The maximum Gasteiger partial charge on any atom is 0.247 e. The summed E-state index contributed by atoms with van der Waals surface area (Å²) in [7, 11) is 1.57. The number of halogens is 1. The van der Waals surface area contributed by atoms with Crippen molar-refractivity contribution in [2.45, 2.75) is 64.1 Å². The molecule has 0 spiro atoms. The largest absolute Gasteiger partial charge is 0.493 e. The number of carbonyl (C=O) groups is 2. The summed E-state index contributed by atoms with van der Waals surface area (Å²) in [5, 5.41) is 5.16. The van der Waals surface area contributed by atoms with Gasteiger partial charge in [0, 0.05) is 10.9 Å². The van der Waals surface area contributed by atoms with Crippen LogP contribution in [0.4, 0.5) is 0 Å². The lowest BCUT2D eigenvalue weighted by molar-refractivity contribution is -0.140. The first kappa shape index (κ1) is 25.4. The van der Waals surface area contributed by atoms with E-state index >= 15 is 0 Å². The molecule has 8 heteroatoms. The molecule has 33 heavy (non-hydrogen) atoms. The van der Waals surface area contributed by atoms with E-state index < -0.39 is 6.04 Å². The van der Waals surface area contributed by atoms with E-state index in [2.05, 4.69) is 5.32 Å². The summed E-state index contributed by atoms with van der Waals surface area (Å²) in [5.74, 6) is 0.460. The zero-order valence-electron chi connectivity index (χ0n) is 19.3. The Balaban J connectivity index is 1.97. The molecule has 1 fully saturated rings. The van der Waals surface area contributed by atoms with E-state index in [1.54, 1.807) is 35.5 Å². The zero-order valence-corrected chi connectivity index (χ0v) is 20.9. The van der Waals surface area contributed by atoms with Crippen molar-refractivity contribution < 1.29 is 19.1 Å². The Morgan fingerprint density at radius 1 is 1.21 bits per heavy atom. The van der Waals surface area contributed by atoms with Crippen LogP contribution in [0.2, 0.25) is 0 Å². The van der Waals surface area contributed by atoms with Crippen molar-refractivity contribution in [1.29, 1.82) is 0 Å². The highest BCUT2D eigenvalue weighted by Gasteiger charge is 2.33. The normalized spacial score (nSPS) is 15.0. The van der Waals surface area contributed by atoms with Gasteiger partial charge in [-0.15, -0.1) is 22.9 Å². The Morgan fingerprint density at radius 3 is 2.64 bits per heavy atom. The first-order valence-corrected chi connectivity index (χ1v) is 13.0. The van der Waals surface area contributed by atoms with Crippen molar-refractivity contribution in [3.63, 3.8) is 0 Å². The van der Waals surface area contributed by atoms with Crippen molar-refractivity contribution in [3.8, 4) is 11.5 Å². The summed E-state index contributed by atoms with van der Waals surface area (Å²) in [6, 6.07) is 8.62. The average Bonchev–Trinajstić information content (AvgIpc) is 3.36. The summed E-state index contributed by atoms with van der Waals surface area (Å²) in [4.78, 5) is 29.2. The van der Waals surface area contributed by atoms with Crippen LogP contribution in [0.15, 0.2) is 35.7 Å². The van der Waals surface area contributed by atoms with Crippen molar-refractivity contribution >= 4 is 34.8 Å². The maximum absolute atomic E-state index is 13.6. The van der Waals surface area contributed by atoms with Gasteiger partial charge in [0.1, 0.15) is 11.9 Å². The average molecular weight is 493 g/mol. The molecule has 1 atom stereocenters. The number of thiophene rings is 1. The third kappa shape index (κ3) is 6.87. The van der Waals surface area contributed by atoms with Crippen molar-refractivity contribution in [2.75, 3.05) is 19.6 Å². The first-order chi connectivity index (χ1) is 16.1. The second kappa shape index (κ2) is 12.8. The van der Waals surface area contributed by atoms with Crippen LogP contribution in [0.5, 0.6) is 11.5 Å². The molecule has 1 saturated carbocycles. The van der Waals surface area contributed by atoms with Crippen LogP contribution in [0.25, 0.3) is 0 Å². The Hall–Kier alpha value is -2.25. The van der Waals surface area contributed by atoms with Crippen molar-refractivity contribution in [1.82, 2.24) is 10.2 Å². The lowest BCUT2D eigenvalue weighted by Crippen LogP contribution is -2.47. The van der Waals surface area contributed by atoms with Gasteiger partial charge in [0.15, 0.2) is 11.5 Å². The van der Waals surface area contributed by atoms with Crippen molar-refractivity contribution in [2.24, 2.45) is 0 Å². The Kier molecular flexibility index (Phi) is 9.88. The highest BCUT2D eigenvalue weighted by Crippen LogP contribution is 2.34. The van der Waals surface area contributed by atoms with Crippen LogP contribution in [-0.2, 0) is 16.1 Å². The van der Waals surface area contributed by atoms with Gasteiger partial charge >= 0.3 is 0 Å². The lowest BCUT2D eigenvalue weighted by Gasteiger charge is -2.33. The predicted molar refractivity (Wildman–Crippen MR) is 132 cm³/mol. The third-order valence-corrected chi connectivity index (χ3v) is 6.91. The quantitative estimate of drug-likeness (QED) is 0.432. The number of ether oxygens (including phenoxy) is 2. The van der Waals surface area contributed by atoms with Gasteiger partial charge in [-0.05, 0) is 48.4 Å². The fourth-order valence-electron chi connectivity index (χ4n) is 4.16. The molecule has 2 aromatic rings. The van der Waals surface area contributed by atoms with Gasteiger partial charge in [-0.2, -0.15) is 0 Å². The number of methoxy groups -OCH3 is 1. The minimum absolute atomic E-state index is 0.123. The molecule has 0 unspecified atom stereocenters. The van der Waals surface area contributed by atoms with Gasteiger partial charge in [-0.1, -0.05) is 38.3 Å². The second-order valence-corrected chi connectivity index (χ2v) is 9.54. The van der Waals surface area contributed by atoms with Gasteiger partial charge in [0.2, 0.25) is 11.8 Å². The van der Waals surface area contributed by atoms with E-state index in [1.807, 2.05) is 30.5 Å². The van der Waals surface area contributed by atoms with Gasteiger partial charge in [0.25, 0.3) is 0 Å². The molecule has 3 rings (SSSR count). The van der Waals surface area contributed by atoms with Crippen LogP contribution >= 0.6 is 22.9 Å². The topological polar surface area (TPSA) is 67.9 Å². The van der Waals surface area contributed by atoms with Crippen LogP contribution in [0.3, 0.4) is 0 Å². The number of hydrogen-bond donors (Lipinski definition) is 1. The van der Waals surface area contributed by atoms with E-state index in [4.69, 9.17) is 21.1 Å². The van der Waals surface area contributed by atoms with Gasteiger partial charge in [-0.3, -0.25) is 9.59 Å². The standard InChI is InChI=1S/C25H33ClN2O4S/c1-3-13-32-21-12-11-18(15-22(21)31-2)24(25(30)27-19-8-5-4-6-9-19)28(23(29)16-26)17-20-10-7-14-33-20/h7,10-12,14-15,19,24H,3-6,8-9,13,16-17H2,1-2H3,(H,27,30)/t24-/m0/s1. The van der Waals surface area contributed by atoms with Gasteiger partial charge in [0.05, 0.1) is 20.3 Å². The summed E-state index contributed by atoms with van der Waals surface area (Å²) in [6.07, 6.45) is 6.19. The Morgan fingerprint density at radius 2 is 2.00 bits per heavy atom. The zero-order chi connectivity index (χ0) is 23.6. The molecule has 0 radical (unpaired) electrons. The summed E-state index contributed by atoms with van der Waals surface area (Å²) < 4.78 is 11.3. The molecule has 1 aromatic carbocycles. The molecule has 6 nitrogen and oxygen atoms in total. The minimum Gasteiger partial charge on any atom is -0.493 e. The Bertz CT molecular complexity index is 900. The summed E-state index contributed by atoms with van der Waals surface area (Å²) >= 11 is 7.54. The summed E-state index contributed by atoms with van der Waals surface area (Å²) in [6.45, 7) is 2.91. The highest BCUT2D eigenvalue weighted by molar-refractivity contribution is 7.09. The minimum atomic E-state index is -0.825. The summed E-state index contributed by atoms with van der Waals surface area (Å²) in [5.41, 5.74) is 0.666. The SMILES string of the molecule is CCCOc1ccc([C@@H](C(=O)NC2CCCCC2)N(Cc2cccs2)C(=O)CCl)cc1OC. The number of hydrogen-bond acceptors (Lipinski definition) is 5. The molecule has 0 bridgehead atoms. The number of benzene rings is 1. The first-order valence-electron chi connectivity index (χ1n) is 11.6. The molecule has 1 aliphatic carbocycles. The second-order valence-electron chi connectivity index (χ2n) is 8.24. The lowest BCUT2D eigenvalue weighted by atomic mass is 9.94. The molecular formula is C25H33ClN2O4S. The molecular weight excluding hydrogens is 460 g/mol. The molecule has 180 valence electrons. The fourth-order valence-corrected chi connectivity index (χ4v) is 5.01. The molecule has 0 aliphatic heterocycles. The number of alkyl halides is 1. The number of rotatable bonds is 11. The molecule has 1 N–H and O–H groups in total. The van der Waals surface area contributed by atoms with E-state index in [0.29, 0.717) is 30.2 Å². The van der Waals surface area contributed by atoms with Crippen molar-refractivity contribution in [3.05, 3.63) is 46.2 Å².